The predicted molar refractivity (Wildman–Crippen MR) is 80.9 cm³/mol. The molecule has 1 atom stereocenters. The van der Waals surface area contributed by atoms with Gasteiger partial charge in [0.1, 0.15) is 11.5 Å². The number of alkyl halides is 1. The SMILES string of the molecule is COc1ccc(C(Cl)c2ccc3c(c2)CCCO3)cc1. The second kappa shape index (κ2) is 5.76. The number of ether oxygens (including phenoxy) is 2. The molecule has 0 amide bonds. The van der Waals surface area contributed by atoms with Crippen LogP contribution < -0.4 is 9.47 Å². The number of fused-ring (bicyclic) bond motifs is 1. The van der Waals surface area contributed by atoms with Crippen molar-refractivity contribution >= 4 is 11.6 Å². The van der Waals surface area contributed by atoms with Crippen molar-refractivity contribution in [2.24, 2.45) is 0 Å². The Morgan fingerprint density at radius 2 is 1.85 bits per heavy atom. The maximum Gasteiger partial charge on any atom is 0.122 e. The summed E-state index contributed by atoms with van der Waals surface area (Å²) in [7, 11) is 1.66. The van der Waals surface area contributed by atoms with E-state index in [1.54, 1.807) is 7.11 Å². The van der Waals surface area contributed by atoms with Crippen LogP contribution in [0.15, 0.2) is 42.5 Å². The Morgan fingerprint density at radius 3 is 2.60 bits per heavy atom. The minimum Gasteiger partial charge on any atom is -0.497 e. The topological polar surface area (TPSA) is 18.5 Å². The lowest BCUT2D eigenvalue weighted by molar-refractivity contribution is 0.288. The van der Waals surface area contributed by atoms with Gasteiger partial charge in [-0.05, 0) is 47.7 Å². The van der Waals surface area contributed by atoms with E-state index in [4.69, 9.17) is 21.1 Å². The average Bonchev–Trinajstić information content (AvgIpc) is 2.54. The van der Waals surface area contributed by atoms with Crippen LogP contribution in [0.4, 0.5) is 0 Å². The lowest BCUT2D eigenvalue weighted by Crippen LogP contribution is -2.08. The summed E-state index contributed by atoms with van der Waals surface area (Å²) in [6.45, 7) is 0.815. The molecule has 3 heteroatoms. The fourth-order valence-electron chi connectivity index (χ4n) is 2.50. The molecular weight excluding hydrogens is 272 g/mol. The molecule has 0 bridgehead atoms. The van der Waals surface area contributed by atoms with E-state index in [1.807, 2.05) is 36.4 Å². The molecular formula is C17H17ClO2. The van der Waals surface area contributed by atoms with Crippen LogP contribution in [0.1, 0.15) is 28.5 Å². The third kappa shape index (κ3) is 2.61. The van der Waals surface area contributed by atoms with Crippen LogP contribution in [0, 0.1) is 0 Å². The van der Waals surface area contributed by atoms with Crippen molar-refractivity contribution in [2.75, 3.05) is 13.7 Å². The molecule has 1 unspecified atom stereocenters. The first-order valence-corrected chi connectivity index (χ1v) is 7.25. The number of rotatable bonds is 3. The maximum absolute atomic E-state index is 6.59. The quantitative estimate of drug-likeness (QED) is 0.782. The highest BCUT2D eigenvalue weighted by molar-refractivity contribution is 6.22. The van der Waals surface area contributed by atoms with E-state index in [-0.39, 0.29) is 5.38 Å². The van der Waals surface area contributed by atoms with Gasteiger partial charge >= 0.3 is 0 Å². The zero-order valence-corrected chi connectivity index (χ0v) is 12.2. The van der Waals surface area contributed by atoms with Crippen LogP contribution in [0.2, 0.25) is 0 Å². The van der Waals surface area contributed by atoms with Gasteiger partial charge in [0.05, 0.1) is 19.1 Å². The van der Waals surface area contributed by atoms with Crippen molar-refractivity contribution in [3.63, 3.8) is 0 Å². The Kier molecular flexibility index (Phi) is 3.83. The lowest BCUT2D eigenvalue weighted by Gasteiger charge is -2.19. The smallest absolute Gasteiger partial charge is 0.122 e. The summed E-state index contributed by atoms with van der Waals surface area (Å²) < 4.78 is 10.8. The fraction of sp³-hybridized carbons (Fsp3) is 0.294. The molecule has 1 heterocycles. The Bertz CT molecular complexity index is 592. The number of aryl methyl sites for hydroxylation is 1. The van der Waals surface area contributed by atoms with Crippen LogP contribution in [0.25, 0.3) is 0 Å². The van der Waals surface area contributed by atoms with Crippen LogP contribution in [-0.4, -0.2) is 13.7 Å². The molecule has 0 aromatic heterocycles. The summed E-state index contributed by atoms with van der Waals surface area (Å²) in [5.74, 6) is 1.84. The van der Waals surface area contributed by atoms with Crippen molar-refractivity contribution in [3.8, 4) is 11.5 Å². The fourth-order valence-corrected chi connectivity index (χ4v) is 2.78. The van der Waals surface area contributed by atoms with Gasteiger partial charge in [-0.15, -0.1) is 11.6 Å². The van der Waals surface area contributed by atoms with E-state index >= 15 is 0 Å². The van der Waals surface area contributed by atoms with Crippen molar-refractivity contribution in [3.05, 3.63) is 59.2 Å². The van der Waals surface area contributed by atoms with Crippen LogP contribution in [0.5, 0.6) is 11.5 Å². The normalized spacial score (nSPS) is 15.1. The van der Waals surface area contributed by atoms with Gasteiger partial charge in [-0.3, -0.25) is 0 Å². The Labute approximate surface area is 124 Å². The van der Waals surface area contributed by atoms with Gasteiger partial charge in [0.15, 0.2) is 0 Å². The van der Waals surface area contributed by atoms with Crippen molar-refractivity contribution in [1.82, 2.24) is 0 Å². The molecule has 1 aliphatic heterocycles. The summed E-state index contributed by atoms with van der Waals surface area (Å²) in [4.78, 5) is 0. The highest BCUT2D eigenvalue weighted by atomic mass is 35.5. The van der Waals surface area contributed by atoms with E-state index in [9.17, 15) is 0 Å². The molecule has 1 aliphatic rings. The third-order valence-electron chi connectivity index (χ3n) is 3.63. The van der Waals surface area contributed by atoms with Gasteiger partial charge in [0, 0.05) is 0 Å². The van der Waals surface area contributed by atoms with Gasteiger partial charge in [-0.2, -0.15) is 0 Å². The van der Waals surface area contributed by atoms with E-state index < -0.39 is 0 Å². The summed E-state index contributed by atoms with van der Waals surface area (Å²) in [5.41, 5.74) is 3.44. The van der Waals surface area contributed by atoms with Gasteiger partial charge in [-0.25, -0.2) is 0 Å². The first kappa shape index (κ1) is 13.3. The minimum absolute atomic E-state index is 0.145. The molecule has 0 N–H and O–H groups in total. The lowest BCUT2D eigenvalue weighted by atomic mass is 9.98. The molecule has 104 valence electrons. The molecule has 2 aromatic carbocycles. The van der Waals surface area contributed by atoms with Crippen LogP contribution >= 0.6 is 11.6 Å². The standard InChI is InChI=1S/C17H17ClO2/c1-19-15-7-4-12(5-8-15)17(18)14-6-9-16-13(11-14)3-2-10-20-16/h4-9,11,17H,2-3,10H2,1H3. The van der Waals surface area contributed by atoms with E-state index in [2.05, 4.69) is 6.07 Å². The average molecular weight is 289 g/mol. The molecule has 0 fully saturated rings. The number of hydrogen-bond donors (Lipinski definition) is 0. The number of methoxy groups -OCH3 is 1. The van der Waals surface area contributed by atoms with Gasteiger partial charge in [0.2, 0.25) is 0 Å². The number of benzene rings is 2. The van der Waals surface area contributed by atoms with E-state index in [1.165, 1.54) is 5.56 Å². The van der Waals surface area contributed by atoms with Crippen molar-refractivity contribution in [1.29, 1.82) is 0 Å². The Morgan fingerprint density at radius 1 is 1.10 bits per heavy atom. The zero-order valence-electron chi connectivity index (χ0n) is 11.4. The molecule has 3 rings (SSSR count). The van der Waals surface area contributed by atoms with E-state index in [0.717, 1.165) is 42.1 Å². The zero-order chi connectivity index (χ0) is 13.9. The van der Waals surface area contributed by atoms with Crippen molar-refractivity contribution < 1.29 is 9.47 Å². The molecule has 2 aromatic rings. The Balaban J connectivity index is 1.87. The Hall–Kier alpha value is -1.67. The first-order chi connectivity index (χ1) is 9.78. The first-order valence-electron chi connectivity index (χ1n) is 6.81. The van der Waals surface area contributed by atoms with Crippen LogP contribution in [-0.2, 0) is 6.42 Å². The minimum atomic E-state index is -0.145. The molecule has 0 saturated heterocycles. The summed E-state index contributed by atoms with van der Waals surface area (Å²) in [6, 6.07) is 14.1. The third-order valence-corrected chi connectivity index (χ3v) is 4.14. The molecule has 20 heavy (non-hydrogen) atoms. The van der Waals surface area contributed by atoms with Gasteiger partial charge in [0.25, 0.3) is 0 Å². The van der Waals surface area contributed by atoms with Crippen molar-refractivity contribution in [2.45, 2.75) is 18.2 Å². The van der Waals surface area contributed by atoms with Crippen LogP contribution in [0.3, 0.4) is 0 Å². The maximum atomic E-state index is 6.59. The number of hydrogen-bond acceptors (Lipinski definition) is 2. The number of halogens is 1. The summed E-state index contributed by atoms with van der Waals surface area (Å²) in [6.07, 6.45) is 2.14. The monoisotopic (exact) mass is 288 g/mol. The summed E-state index contributed by atoms with van der Waals surface area (Å²) in [5, 5.41) is -0.145. The summed E-state index contributed by atoms with van der Waals surface area (Å²) >= 11 is 6.59. The van der Waals surface area contributed by atoms with Gasteiger partial charge < -0.3 is 9.47 Å². The second-order valence-electron chi connectivity index (χ2n) is 4.95. The molecule has 0 radical (unpaired) electrons. The molecule has 0 aliphatic carbocycles. The second-order valence-corrected chi connectivity index (χ2v) is 5.39. The highest BCUT2D eigenvalue weighted by Gasteiger charge is 2.15. The largest absolute Gasteiger partial charge is 0.497 e. The predicted octanol–water partition coefficient (Wildman–Crippen LogP) is 4.35. The highest BCUT2D eigenvalue weighted by Crippen LogP contribution is 2.34. The molecule has 0 spiro atoms. The molecule has 2 nitrogen and oxygen atoms in total. The van der Waals surface area contributed by atoms with E-state index in [0.29, 0.717) is 0 Å². The molecule has 0 saturated carbocycles. The van der Waals surface area contributed by atoms with Gasteiger partial charge in [-0.1, -0.05) is 24.3 Å².